The predicted octanol–water partition coefficient (Wildman–Crippen LogP) is 8.79. The van der Waals surface area contributed by atoms with E-state index in [1.807, 2.05) is 0 Å². The summed E-state index contributed by atoms with van der Waals surface area (Å²) in [5.41, 5.74) is -3.45. The first-order valence-electron chi connectivity index (χ1n) is 40.0. The number of hydrogen-bond acceptors (Lipinski definition) is 22. The Morgan fingerprint density at radius 2 is 0.279 bits per heavy atom. The van der Waals surface area contributed by atoms with Crippen LogP contribution in [-0.4, -0.2) is 184 Å². The van der Waals surface area contributed by atoms with E-state index in [1.165, 1.54) is 84.9 Å². The number of amides is 14. The first-order chi connectivity index (χ1) is 61.2. The number of rotatable bonds is 54. The second-order valence-corrected chi connectivity index (χ2v) is 28.8. The van der Waals surface area contributed by atoms with Crippen LogP contribution in [0.5, 0.6) is 0 Å². The number of hydrogen-bond donors (Lipinski definition) is 22. The number of carbonyl (C=O) groups excluding carboxylic acids is 14. The van der Waals surface area contributed by atoms with Gasteiger partial charge < -0.3 is 115 Å². The molecule has 14 amide bonds. The van der Waals surface area contributed by atoms with Gasteiger partial charge in [-0.3, -0.25) is 105 Å². The standard InChI is InChI=1S/C85H94N14O30/c100-64(10-1-18-72(108)109)88-52-32-48(33-53(40-52)89-65(101)11-2-19-73(110)111)82(126)96-60-28-46(29-61(44-60)97-83(127)49-34-54(90-66(102)12-3-20-74(112)113)41-55(35-49)91-67(103)13-4-21-75(114)115)80(124)86-26-9-27-87-81(125)47-30-62(98-84(128)50-36-56(92-68(104)14-5-22-76(116)117)42-57(37-50)93-69(105)15-6-23-77(118)119)45-63(31-47)99-85(129)51-38-58(94-70(106)16-7-24-78(120)121)43-59(39-51)95-71(107)17-8-25-79(122)123/h28-45H,1-27H2,(H,86,124)(H,87,125)(H,88,100)(H,89,101)(H,90,102)(H,91,103)(H,92,104)(H,93,105)(H,94,106)(H,95,107)(H,96,126)(H,97,127)(H,98,128)(H,99,129)(H,108,109)(H,110,111)(H,112,113)(H,114,115)(H,116,117)(H,118,119)(H,120,121)(H,122,123). The second kappa shape index (κ2) is 51.7. The molecular weight excluding hydrogens is 1700 g/mol. The molecule has 6 aromatic carbocycles. The van der Waals surface area contributed by atoms with Crippen molar-refractivity contribution < 1.29 is 146 Å². The molecule has 0 aliphatic rings. The Bertz CT molecular complexity index is 4490. The van der Waals surface area contributed by atoms with Crippen molar-refractivity contribution in [1.29, 1.82) is 0 Å². The fourth-order valence-electron chi connectivity index (χ4n) is 11.9. The average molecular weight is 1790 g/mol. The molecule has 0 aliphatic carbocycles. The van der Waals surface area contributed by atoms with Gasteiger partial charge in [0.05, 0.1) is 0 Å². The van der Waals surface area contributed by atoms with Crippen LogP contribution in [0.15, 0.2) is 109 Å². The monoisotopic (exact) mass is 1790 g/mol. The molecule has 0 saturated carbocycles. The summed E-state index contributed by atoms with van der Waals surface area (Å²) in [6.45, 7) is -0.569. The molecular formula is C85H94N14O30. The molecule has 0 bridgehead atoms. The molecule has 0 radical (unpaired) electrons. The molecule has 129 heavy (non-hydrogen) atoms. The van der Waals surface area contributed by atoms with E-state index in [4.69, 9.17) is 40.9 Å². The molecule has 0 saturated heterocycles. The minimum absolute atomic E-state index is 0.0949. The van der Waals surface area contributed by atoms with Crippen molar-refractivity contribution in [3.05, 3.63) is 143 Å². The fourth-order valence-corrected chi connectivity index (χ4v) is 11.9. The lowest BCUT2D eigenvalue weighted by atomic mass is 10.1. The third kappa shape index (κ3) is 39.8. The van der Waals surface area contributed by atoms with E-state index in [9.17, 15) is 105 Å². The van der Waals surface area contributed by atoms with Crippen LogP contribution in [-0.2, 0) is 76.7 Å². The first kappa shape index (κ1) is 101. The Morgan fingerprint density at radius 3 is 0.411 bits per heavy atom. The topological polar surface area (TPSA) is 706 Å². The van der Waals surface area contributed by atoms with Crippen molar-refractivity contribution >= 4 is 199 Å². The third-order valence-electron chi connectivity index (χ3n) is 17.8. The molecule has 6 aromatic rings. The lowest BCUT2D eigenvalue weighted by Gasteiger charge is -2.16. The van der Waals surface area contributed by atoms with Crippen LogP contribution in [0.2, 0.25) is 0 Å². The van der Waals surface area contributed by atoms with Gasteiger partial charge in [-0.1, -0.05) is 0 Å². The van der Waals surface area contributed by atoms with Crippen molar-refractivity contribution in [2.24, 2.45) is 0 Å². The number of carbonyl (C=O) groups is 22. The van der Waals surface area contributed by atoms with Gasteiger partial charge in [0.1, 0.15) is 0 Å². The van der Waals surface area contributed by atoms with Crippen LogP contribution in [0.25, 0.3) is 0 Å². The van der Waals surface area contributed by atoms with Crippen molar-refractivity contribution in [3.63, 3.8) is 0 Å². The Labute approximate surface area is 732 Å². The summed E-state index contributed by atoms with van der Waals surface area (Å²) in [7, 11) is 0. The van der Waals surface area contributed by atoms with Gasteiger partial charge >= 0.3 is 47.8 Å². The maximum absolute atomic E-state index is 14.5. The van der Waals surface area contributed by atoms with Crippen molar-refractivity contribution in [2.75, 3.05) is 76.9 Å². The van der Waals surface area contributed by atoms with E-state index < -0.39 is 130 Å². The molecule has 0 atom stereocenters. The molecule has 6 rings (SSSR count). The van der Waals surface area contributed by atoms with E-state index in [0.717, 1.165) is 24.3 Å². The number of aliphatic carboxylic acids is 8. The summed E-state index contributed by atoms with van der Waals surface area (Å²) in [6, 6.07) is 21.2. The van der Waals surface area contributed by atoms with E-state index >= 15 is 0 Å². The summed E-state index contributed by atoms with van der Waals surface area (Å²) in [5.74, 6) is -21.0. The average Bonchev–Trinajstić information content (AvgIpc) is 0.823. The Hall–Kier alpha value is -16.3. The number of benzene rings is 6. The second-order valence-electron chi connectivity index (χ2n) is 28.8. The summed E-state index contributed by atoms with van der Waals surface area (Å²) in [5, 5.41) is 109. The number of carboxylic acids is 8. The molecule has 0 spiro atoms. The van der Waals surface area contributed by atoms with Crippen LogP contribution in [0, 0.1) is 0 Å². The van der Waals surface area contributed by atoms with Gasteiger partial charge in [-0.05, 0) is 167 Å². The molecule has 0 aromatic heterocycles. The SMILES string of the molecule is O=C(O)CCCC(=O)Nc1cc(NC(=O)CCCC(=O)O)cc(C(=O)Nc2cc(NC(=O)c3cc(NC(=O)CCCC(=O)O)cc(NC(=O)CCCC(=O)O)c3)cc(C(=O)NCCCNC(=O)c3cc(NC(=O)c4cc(NC(=O)CCCC(=O)O)cc(NC(=O)CCCC(=O)O)c4)cc(NC(=O)c4cc(NC(=O)CCCC(=O)O)cc(NC(=O)CCCC(=O)O)c4)c3)c2)c1. The van der Waals surface area contributed by atoms with Crippen LogP contribution in [0.3, 0.4) is 0 Å². The van der Waals surface area contributed by atoms with Gasteiger partial charge in [0, 0.05) is 217 Å². The minimum atomic E-state index is -1.19. The lowest BCUT2D eigenvalue weighted by Crippen LogP contribution is -2.30. The maximum Gasteiger partial charge on any atom is 0.303 e. The van der Waals surface area contributed by atoms with Gasteiger partial charge in [0.25, 0.3) is 35.4 Å². The Balaban J connectivity index is 1.37. The molecule has 44 nitrogen and oxygen atoms in total. The highest BCUT2D eigenvalue weighted by Crippen LogP contribution is 2.30. The number of carboxylic acid groups (broad SMARTS) is 8. The van der Waals surface area contributed by atoms with Crippen LogP contribution < -0.4 is 74.4 Å². The van der Waals surface area contributed by atoms with Crippen LogP contribution in [0.1, 0.15) is 223 Å². The van der Waals surface area contributed by atoms with Gasteiger partial charge in [-0.15, -0.1) is 0 Å². The van der Waals surface area contributed by atoms with Crippen molar-refractivity contribution in [2.45, 2.75) is 161 Å². The van der Waals surface area contributed by atoms with E-state index in [-0.39, 0.29) is 275 Å². The lowest BCUT2D eigenvalue weighted by molar-refractivity contribution is -0.138. The number of nitrogens with one attached hydrogen (secondary N) is 14. The molecule has 22 N–H and O–H groups in total. The van der Waals surface area contributed by atoms with Gasteiger partial charge in [-0.2, -0.15) is 0 Å². The van der Waals surface area contributed by atoms with Gasteiger partial charge in [0.15, 0.2) is 0 Å². The fraction of sp³-hybridized carbons (Fsp3) is 0.318. The molecule has 684 valence electrons. The van der Waals surface area contributed by atoms with E-state index in [1.54, 1.807) is 0 Å². The number of anilines is 12. The Morgan fingerprint density at radius 1 is 0.155 bits per heavy atom. The van der Waals surface area contributed by atoms with E-state index in [2.05, 4.69) is 74.4 Å². The Kier molecular flexibility index (Phi) is 40.6. The third-order valence-corrected chi connectivity index (χ3v) is 17.8. The quantitative estimate of drug-likeness (QED) is 0.0159. The first-order valence-corrected chi connectivity index (χ1v) is 40.0. The zero-order valence-electron chi connectivity index (χ0n) is 69.0. The zero-order valence-corrected chi connectivity index (χ0v) is 69.0. The molecule has 0 unspecified atom stereocenters. The van der Waals surface area contributed by atoms with Crippen molar-refractivity contribution in [3.8, 4) is 0 Å². The predicted molar refractivity (Wildman–Crippen MR) is 461 cm³/mol. The molecule has 0 aliphatic heterocycles. The smallest absolute Gasteiger partial charge is 0.303 e. The van der Waals surface area contributed by atoms with Crippen molar-refractivity contribution in [1.82, 2.24) is 10.6 Å². The normalized spacial score (nSPS) is 10.5. The minimum Gasteiger partial charge on any atom is -0.481 e. The van der Waals surface area contributed by atoms with E-state index in [0.29, 0.717) is 0 Å². The zero-order chi connectivity index (χ0) is 94.8. The highest BCUT2D eigenvalue weighted by molar-refractivity contribution is 6.13. The molecule has 44 heteroatoms. The summed E-state index contributed by atoms with van der Waals surface area (Å²) >= 11 is 0. The summed E-state index contributed by atoms with van der Waals surface area (Å²) in [6.07, 6.45) is -6.34. The highest BCUT2D eigenvalue weighted by atomic mass is 16.4. The maximum atomic E-state index is 14.5. The van der Waals surface area contributed by atoms with Gasteiger partial charge in [-0.25, -0.2) is 0 Å². The van der Waals surface area contributed by atoms with Crippen LogP contribution >= 0.6 is 0 Å². The van der Waals surface area contributed by atoms with Crippen LogP contribution in [0.4, 0.5) is 68.2 Å². The summed E-state index contributed by atoms with van der Waals surface area (Å²) in [4.78, 5) is 281. The molecule has 0 fully saturated rings. The largest absolute Gasteiger partial charge is 0.481 e. The highest BCUT2D eigenvalue weighted by Gasteiger charge is 2.24. The summed E-state index contributed by atoms with van der Waals surface area (Å²) < 4.78 is 0. The molecule has 0 heterocycles. The van der Waals surface area contributed by atoms with Gasteiger partial charge in [0.2, 0.25) is 47.3 Å².